The number of amides is 1. The quantitative estimate of drug-likeness (QED) is 0.441. The molecule has 0 bridgehead atoms. The van der Waals surface area contributed by atoms with Crippen LogP contribution in [-0.4, -0.2) is 52.2 Å². The van der Waals surface area contributed by atoms with Gasteiger partial charge in [-0.2, -0.15) is 0 Å². The summed E-state index contributed by atoms with van der Waals surface area (Å²) >= 11 is 3.10. The summed E-state index contributed by atoms with van der Waals surface area (Å²) in [6, 6.07) is 0. The molecule has 2 aromatic rings. The Bertz CT molecular complexity index is 821. The number of fused-ring (bicyclic) bond motifs is 1. The number of aryl methyl sites for hydroxylation is 2. The van der Waals surface area contributed by atoms with E-state index in [0.717, 1.165) is 28.1 Å². The smallest absolute Gasteiger partial charge is 0.310 e. The summed E-state index contributed by atoms with van der Waals surface area (Å²) < 4.78 is 5.10. The van der Waals surface area contributed by atoms with Crippen LogP contribution in [0.2, 0.25) is 0 Å². The summed E-state index contributed by atoms with van der Waals surface area (Å²) in [6.45, 7) is 7.47. The van der Waals surface area contributed by atoms with E-state index in [4.69, 9.17) is 4.74 Å². The molecule has 1 amide bonds. The summed E-state index contributed by atoms with van der Waals surface area (Å²) in [4.78, 5) is 37.3. The van der Waals surface area contributed by atoms with Gasteiger partial charge in [-0.1, -0.05) is 11.8 Å². The van der Waals surface area contributed by atoms with E-state index in [1.165, 1.54) is 22.2 Å². The highest BCUT2D eigenvalue weighted by molar-refractivity contribution is 8.00. The van der Waals surface area contributed by atoms with Crippen molar-refractivity contribution in [2.75, 3.05) is 25.4 Å². The molecule has 8 heteroatoms. The number of rotatable bonds is 5. The van der Waals surface area contributed by atoms with Crippen LogP contribution in [0.3, 0.4) is 0 Å². The van der Waals surface area contributed by atoms with Gasteiger partial charge in [0.25, 0.3) is 0 Å². The van der Waals surface area contributed by atoms with Crippen LogP contribution in [0, 0.1) is 19.8 Å². The van der Waals surface area contributed by atoms with Gasteiger partial charge in [0.1, 0.15) is 16.2 Å². The van der Waals surface area contributed by atoms with Gasteiger partial charge in [-0.3, -0.25) is 9.59 Å². The van der Waals surface area contributed by atoms with Gasteiger partial charge in [0.15, 0.2) is 0 Å². The number of aromatic nitrogens is 2. The van der Waals surface area contributed by atoms with Crippen LogP contribution in [0.1, 0.15) is 30.2 Å². The van der Waals surface area contributed by atoms with E-state index in [1.807, 2.05) is 0 Å². The van der Waals surface area contributed by atoms with Crippen LogP contribution in [-0.2, 0) is 14.3 Å². The Balaban J connectivity index is 1.65. The molecule has 0 aromatic carbocycles. The summed E-state index contributed by atoms with van der Waals surface area (Å²) in [5, 5.41) is 1.90. The molecule has 6 nitrogen and oxygen atoms in total. The number of nitrogens with zero attached hydrogens (tertiary/aromatic N) is 3. The van der Waals surface area contributed by atoms with Crippen molar-refractivity contribution >= 4 is 45.2 Å². The van der Waals surface area contributed by atoms with Gasteiger partial charge in [0, 0.05) is 23.4 Å². The number of carbonyl (C=O) groups excluding carboxylic acids is 2. The normalized spacial score (nSPS) is 17.5. The number of ether oxygens (including phenoxy) is 1. The second-order valence-corrected chi connectivity index (χ2v) is 8.53. The Labute approximate surface area is 161 Å². The molecule has 0 aliphatic carbocycles. The predicted octanol–water partition coefficient (Wildman–Crippen LogP) is 3.20. The van der Waals surface area contributed by atoms with Crippen molar-refractivity contribution in [1.82, 2.24) is 14.9 Å². The number of piperidine rings is 1. The van der Waals surface area contributed by atoms with E-state index >= 15 is 0 Å². The summed E-state index contributed by atoms with van der Waals surface area (Å²) in [5.41, 5.74) is 1.18. The summed E-state index contributed by atoms with van der Waals surface area (Å²) in [7, 11) is 0. The van der Waals surface area contributed by atoms with E-state index < -0.39 is 0 Å². The van der Waals surface area contributed by atoms with Crippen molar-refractivity contribution in [2.24, 2.45) is 5.92 Å². The molecule has 0 radical (unpaired) electrons. The van der Waals surface area contributed by atoms with Crippen LogP contribution in [0.15, 0.2) is 11.4 Å². The number of hydrogen-bond acceptors (Lipinski definition) is 7. The third-order valence-electron chi connectivity index (χ3n) is 4.66. The fraction of sp³-hybridized carbons (Fsp3) is 0.556. The Morgan fingerprint density at radius 2 is 2.19 bits per heavy atom. The summed E-state index contributed by atoms with van der Waals surface area (Å²) in [5.74, 6) is -0.0409. The van der Waals surface area contributed by atoms with Gasteiger partial charge in [0.05, 0.1) is 18.3 Å². The highest BCUT2D eigenvalue weighted by Crippen LogP contribution is 2.34. The maximum Gasteiger partial charge on any atom is 0.310 e. The lowest BCUT2D eigenvalue weighted by molar-refractivity contribution is -0.151. The molecule has 1 saturated heterocycles. The van der Waals surface area contributed by atoms with E-state index in [1.54, 1.807) is 29.5 Å². The van der Waals surface area contributed by atoms with Gasteiger partial charge in [-0.15, -0.1) is 11.3 Å². The molecule has 0 saturated carbocycles. The zero-order chi connectivity index (χ0) is 18.7. The Kier molecular flexibility index (Phi) is 6.13. The van der Waals surface area contributed by atoms with Crippen molar-refractivity contribution in [2.45, 2.75) is 38.6 Å². The summed E-state index contributed by atoms with van der Waals surface area (Å²) in [6.07, 6.45) is 3.18. The van der Waals surface area contributed by atoms with Crippen LogP contribution in [0.4, 0.5) is 0 Å². The molecular weight excluding hydrogens is 370 g/mol. The van der Waals surface area contributed by atoms with Crippen LogP contribution in [0.25, 0.3) is 10.2 Å². The molecule has 1 aliphatic heterocycles. The van der Waals surface area contributed by atoms with Crippen LogP contribution >= 0.6 is 23.1 Å². The number of esters is 1. The molecule has 3 heterocycles. The minimum Gasteiger partial charge on any atom is -0.466 e. The van der Waals surface area contributed by atoms with E-state index in [0.29, 0.717) is 25.4 Å². The van der Waals surface area contributed by atoms with E-state index in [-0.39, 0.29) is 17.8 Å². The monoisotopic (exact) mass is 393 g/mol. The Morgan fingerprint density at radius 3 is 2.96 bits per heavy atom. The predicted molar refractivity (Wildman–Crippen MR) is 104 cm³/mol. The number of carbonyl (C=O) groups is 2. The number of hydrogen-bond donors (Lipinski definition) is 0. The average Bonchev–Trinajstić information content (AvgIpc) is 2.94. The van der Waals surface area contributed by atoms with Gasteiger partial charge < -0.3 is 9.64 Å². The first-order chi connectivity index (χ1) is 12.5. The molecule has 3 rings (SSSR count). The molecule has 26 heavy (non-hydrogen) atoms. The zero-order valence-electron chi connectivity index (χ0n) is 15.3. The van der Waals surface area contributed by atoms with Crippen molar-refractivity contribution in [3.63, 3.8) is 0 Å². The average molecular weight is 394 g/mol. The maximum atomic E-state index is 12.6. The lowest BCUT2D eigenvalue weighted by Gasteiger charge is -2.31. The first-order valence-corrected chi connectivity index (χ1v) is 10.6. The number of thiophene rings is 1. The van der Waals surface area contributed by atoms with Crippen LogP contribution in [0.5, 0.6) is 0 Å². The zero-order valence-corrected chi connectivity index (χ0v) is 16.9. The molecule has 0 N–H and O–H groups in total. The molecule has 1 atom stereocenters. The number of thioether (sulfide) groups is 1. The Morgan fingerprint density at radius 1 is 1.38 bits per heavy atom. The van der Waals surface area contributed by atoms with Crippen molar-refractivity contribution in [3.8, 4) is 0 Å². The first kappa shape index (κ1) is 19.1. The molecular formula is C18H23N3O3S2. The van der Waals surface area contributed by atoms with E-state index in [9.17, 15) is 9.59 Å². The third kappa shape index (κ3) is 4.01. The minimum absolute atomic E-state index is 0.0420. The largest absolute Gasteiger partial charge is 0.466 e. The fourth-order valence-corrected chi connectivity index (χ4v) is 5.16. The third-order valence-corrected chi connectivity index (χ3v) is 6.75. The van der Waals surface area contributed by atoms with E-state index in [2.05, 4.69) is 23.8 Å². The molecule has 140 valence electrons. The van der Waals surface area contributed by atoms with Crippen molar-refractivity contribution < 1.29 is 14.3 Å². The SMILES string of the molecule is CCOC(=O)C1CCCN(C(=O)CSc2ncnc3sc(C)c(C)c23)C1. The molecule has 1 unspecified atom stereocenters. The second-order valence-electron chi connectivity index (χ2n) is 6.36. The standard InChI is InChI=1S/C18H23N3O3S2/c1-4-24-18(23)13-6-5-7-21(8-13)14(22)9-25-16-15-11(2)12(3)26-17(15)20-10-19-16/h10,13H,4-9H2,1-3H3. The van der Waals surface area contributed by atoms with Gasteiger partial charge in [0.2, 0.25) is 5.91 Å². The molecule has 1 fully saturated rings. The van der Waals surface area contributed by atoms with Crippen molar-refractivity contribution in [1.29, 1.82) is 0 Å². The Hall–Kier alpha value is -1.67. The molecule has 0 spiro atoms. The van der Waals surface area contributed by atoms with Gasteiger partial charge >= 0.3 is 5.97 Å². The topological polar surface area (TPSA) is 72.4 Å². The maximum absolute atomic E-state index is 12.6. The van der Waals surface area contributed by atoms with Crippen LogP contribution < -0.4 is 0 Å². The molecule has 2 aromatic heterocycles. The number of likely N-dealkylation sites (tertiary alicyclic amines) is 1. The van der Waals surface area contributed by atoms with Crippen molar-refractivity contribution in [3.05, 3.63) is 16.8 Å². The lowest BCUT2D eigenvalue weighted by atomic mass is 9.98. The lowest BCUT2D eigenvalue weighted by Crippen LogP contribution is -2.43. The highest BCUT2D eigenvalue weighted by atomic mass is 32.2. The van der Waals surface area contributed by atoms with Gasteiger partial charge in [-0.25, -0.2) is 9.97 Å². The first-order valence-electron chi connectivity index (χ1n) is 8.79. The fourth-order valence-electron chi connectivity index (χ4n) is 3.14. The second kappa shape index (κ2) is 8.35. The molecule has 1 aliphatic rings. The highest BCUT2D eigenvalue weighted by Gasteiger charge is 2.29. The minimum atomic E-state index is -0.204. The van der Waals surface area contributed by atoms with Gasteiger partial charge in [-0.05, 0) is 39.2 Å².